The summed E-state index contributed by atoms with van der Waals surface area (Å²) in [5.41, 5.74) is 0.564. The summed E-state index contributed by atoms with van der Waals surface area (Å²) in [7, 11) is -2.08. The fourth-order valence-corrected chi connectivity index (χ4v) is 2.28. The Morgan fingerprint density at radius 2 is 2.06 bits per heavy atom. The first-order valence-electron chi connectivity index (χ1n) is 5.13. The minimum Gasteiger partial charge on any atom is -0.488 e. The highest BCUT2D eigenvalue weighted by molar-refractivity contribution is 7.89. The number of rotatable bonds is 5. The van der Waals surface area contributed by atoms with Gasteiger partial charge >= 0.3 is 0 Å². The molecule has 0 radical (unpaired) electrons. The molecular weight excluding hydrogens is 242 g/mol. The monoisotopic (exact) mass is 259 g/mol. The Morgan fingerprint density at radius 1 is 1.41 bits per heavy atom. The molecule has 0 bridgehead atoms. The molecule has 0 aliphatic carbocycles. The zero-order valence-corrected chi connectivity index (χ0v) is 11.0. The Labute approximate surface area is 102 Å². The van der Waals surface area contributed by atoms with E-state index >= 15 is 0 Å². The van der Waals surface area contributed by atoms with Gasteiger partial charge in [0.05, 0.1) is 11.5 Å². The molecule has 0 aliphatic heterocycles. The van der Waals surface area contributed by atoms with Crippen LogP contribution in [0.5, 0.6) is 5.75 Å². The standard InChI is InChI=1S/C11H17NO4S/c1-8-6-10(16-9(2)7-15-3)4-5-11(8)17(12,13)14/h4-6,9H,7H2,1-3H3,(H2,12,13,14). The summed E-state index contributed by atoms with van der Waals surface area (Å²) in [6.45, 7) is 4.01. The molecule has 0 aliphatic rings. The Balaban J connectivity index is 2.90. The molecule has 0 saturated carbocycles. The third kappa shape index (κ3) is 3.99. The minimum atomic E-state index is -3.67. The van der Waals surface area contributed by atoms with Gasteiger partial charge in [0.25, 0.3) is 0 Å². The maximum absolute atomic E-state index is 11.2. The molecule has 0 saturated heterocycles. The van der Waals surface area contributed by atoms with Crippen molar-refractivity contribution >= 4 is 10.0 Å². The van der Waals surface area contributed by atoms with Crippen molar-refractivity contribution in [3.63, 3.8) is 0 Å². The normalized spacial score (nSPS) is 13.4. The van der Waals surface area contributed by atoms with Gasteiger partial charge in [0, 0.05) is 7.11 Å². The molecular formula is C11H17NO4S. The molecule has 1 atom stereocenters. The minimum absolute atomic E-state index is 0.0975. The Kier molecular flexibility index (Phi) is 4.50. The van der Waals surface area contributed by atoms with Crippen LogP contribution in [0.3, 0.4) is 0 Å². The van der Waals surface area contributed by atoms with Crippen LogP contribution in [0, 0.1) is 6.92 Å². The third-order valence-corrected chi connectivity index (χ3v) is 3.26. The zero-order chi connectivity index (χ0) is 13.1. The highest BCUT2D eigenvalue weighted by Gasteiger charge is 2.12. The molecule has 0 fully saturated rings. The van der Waals surface area contributed by atoms with Crippen LogP contribution in [0.2, 0.25) is 0 Å². The molecule has 1 aromatic carbocycles. The Bertz CT molecular complexity index is 484. The number of sulfonamides is 1. The smallest absolute Gasteiger partial charge is 0.238 e. The number of ether oxygens (including phenoxy) is 2. The van der Waals surface area contributed by atoms with Gasteiger partial charge in [-0.1, -0.05) is 0 Å². The SMILES string of the molecule is COCC(C)Oc1ccc(S(N)(=O)=O)c(C)c1. The Hall–Kier alpha value is -1.11. The molecule has 1 rings (SSSR count). The highest BCUT2D eigenvalue weighted by atomic mass is 32.2. The summed E-state index contributed by atoms with van der Waals surface area (Å²) < 4.78 is 32.9. The Morgan fingerprint density at radius 3 is 2.53 bits per heavy atom. The summed E-state index contributed by atoms with van der Waals surface area (Å²) >= 11 is 0. The number of hydrogen-bond donors (Lipinski definition) is 1. The van der Waals surface area contributed by atoms with Crippen LogP contribution in [0.15, 0.2) is 23.1 Å². The van der Waals surface area contributed by atoms with Gasteiger partial charge < -0.3 is 9.47 Å². The number of primary sulfonamides is 1. The van der Waals surface area contributed by atoms with E-state index in [0.29, 0.717) is 17.9 Å². The van der Waals surface area contributed by atoms with Gasteiger partial charge in [-0.3, -0.25) is 0 Å². The fourth-order valence-electron chi connectivity index (χ4n) is 1.52. The molecule has 17 heavy (non-hydrogen) atoms. The van der Waals surface area contributed by atoms with Crippen molar-refractivity contribution in [2.45, 2.75) is 24.8 Å². The second-order valence-corrected chi connectivity index (χ2v) is 5.39. The zero-order valence-electron chi connectivity index (χ0n) is 10.1. The molecule has 0 amide bonds. The maximum atomic E-state index is 11.2. The van der Waals surface area contributed by atoms with Gasteiger partial charge in [-0.05, 0) is 37.6 Å². The predicted octanol–water partition coefficient (Wildman–Crippen LogP) is 1.06. The van der Waals surface area contributed by atoms with Crippen LogP contribution >= 0.6 is 0 Å². The third-order valence-electron chi connectivity index (χ3n) is 2.19. The van der Waals surface area contributed by atoms with Crippen molar-refractivity contribution in [1.29, 1.82) is 0 Å². The summed E-state index contributed by atoms with van der Waals surface area (Å²) in [4.78, 5) is 0.115. The largest absolute Gasteiger partial charge is 0.488 e. The first-order chi connectivity index (χ1) is 7.84. The summed E-state index contributed by atoms with van der Waals surface area (Å²) in [5.74, 6) is 0.597. The molecule has 96 valence electrons. The van der Waals surface area contributed by atoms with Crippen molar-refractivity contribution in [1.82, 2.24) is 0 Å². The lowest BCUT2D eigenvalue weighted by atomic mass is 10.2. The maximum Gasteiger partial charge on any atom is 0.238 e. The lowest BCUT2D eigenvalue weighted by Crippen LogP contribution is -2.18. The van der Waals surface area contributed by atoms with Gasteiger partial charge in [0.1, 0.15) is 11.9 Å². The molecule has 1 unspecified atom stereocenters. The highest BCUT2D eigenvalue weighted by Crippen LogP contribution is 2.21. The number of methoxy groups -OCH3 is 1. The second kappa shape index (κ2) is 5.48. The van der Waals surface area contributed by atoms with Gasteiger partial charge in [-0.25, -0.2) is 13.6 Å². The topological polar surface area (TPSA) is 78.6 Å². The van der Waals surface area contributed by atoms with E-state index in [1.807, 2.05) is 6.92 Å². The van der Waals surface area contributed by atoms with E-state index in [1.54, 1.807) is 26.2 Å². The lowest BCUT2D eigenvalue weighted by molar-refractivity contribution is 0.0920. The average Bonchev–Trinajstić information content (AvgIpc) is 2.15. The van der Waals surface area contributed by atoms with E-state index in [-0.39, 0.29) is 11.0 Å². The lowest BCUT2D eigenvalue weighted by Gasteiger charge is -2.14. The first-order valence-corrected chi connectivity index (χ1v) is 6.68. The number of aryl methyl sites for hydroxylation is 1. The van der Waals surface area contributed by atoms with Crippen molar-refractivity contribution in [3.05, 3.63) is 23.8 Å². The van der Waals surface area contributed by atoms with E-state index in [4.69, 9.17) is 14.6 Å². The number of hydrogen-bond acceptors (Lipinski definition) is 4. The molecule has 5 nitrogen and oxygen atoms in total. The van der Waals surface area contributed by atoms with E-state index in [1.165, 1.54) is 6.07 Å². The van der Waals surface area contributed by atoms with Crippen LogP contribution in [-0.4, -0.2) is 28.2 Å². The summed E-state index contributed by atoms with van der Waals surface area (Å²) in [6, 6.07) is 4.67. The van der Waals surface area contributed by atoms with E-state index in [9.17, 15) is 8.42 Å². The molecule has 1 aromatic rings. The molecule has 2 N–H and O–H groups in total. The molecule has 0 spiro atoms. The fraction of sp³-hybridized carbons (Fsp3) is 0.455. The van der Waals surface area contributed by atoms with Crippen LogP contribution in [0.1, 0.15) is 12.5 Å². The molecule has 0 heterocycles. The molecule has 0 aromatic heterocycles. The van der Waals surface area contributed by atoms with Crippen LogP contribution in [-0.2, 0) is 14.8 Å². The molecule has 6 heteroatoms. The number of nitrogens with two attached hydrogens (primary N) is 1. The summed E-state index contributed by atoms with van der Waals surface area (Å²) in [6.07, 6.45) is -0.0975. The van der Waals surface area contributed by atoms with Crippen molar-refractivity contribution in [2.75, 3.05) is 13.7 Å². The number of benzene rings is 1. The van der Waals surface area contributed by atoms with Gasteiger partial charge in [-0.2, -0.15) is 0 Å². The van der Waals surface area contributed by atoms with E-state index < -0.39 is 10.0 Å². The van der Waals surface area contributed by atoms with E-state index in [2.05, 4.69) is 0 Å². The van der Waals surface area contributed by atoms with Gasteiger partial charge in [-0.15, -0.1) is 0 Å². The van der Waals surface area contributed by atoms with Crippen molar-refractivity contribution in [2.24, 2.45) is 5.14 Å². The van der Waals surface area contributed by atoms with Gasteiger partial charge in [0.15, 0.2) is 0 Å². The van der Waals surface area contributed by atoms with Crippen molar-refractivity contribution in [3.8, 4) is 5.75 Å². The predicted molar refractivity (Wildman–Crippen MR) is 64.5 cm³/mol. The van der Waals surface area contributed by atoms with Crippen molar-refractivity contribution < 1.29 is 17.9 Å². The average molecular weight is 259 g/mol. The first kappa shape index (κ1) is 14.0. The second-order valence-electron chi connectivity index (χ2n) is 3.86. The quantitative estimate of drug-likeness (QED) is 0.857. The van der Waals surface area contributed by atoms with Crippen LogP contribution < -0.4 is 9.88 Å². The van der Waals surface area contributed by atoms with Crippen LogP contribution in [0.25, 0.3) is 0 Å². The summed E-state index contributed by atoms with van der Waals surface area (Å²) in [5, 5.41) is 5.07. The van der Waals surface area contributed by atoms with E-state index in [0.717, 1.165) is 0 Å². The van der Waals surface area contributed by atoms with Gasteiger partial charge in [0.2, 0.25) is 10.0 Å². The van der Waals surface area contributed by atoms with Crippen LogP contribution in [0.4, 0.5) is 0 Å².